The van der Waals surface area contributed by atoms with Gasteiger partial charge < -0.3 is 10.6 Å². The maximum absolute atomic E-state index is 12.9. The first-order chi connectivity index (χ1) is 12.8. The molecule has 0 fully saturated rings. The van der Waals surface area contributed by atoms with Crippen molar-refractivity contribution in [1.82, 2.24) is 5.32 Å². The molecule has 3 rings (SSSR count). The first kappa shape index (κ1) is 18.8. The summed E-state index contributed by atoms with van der Waals surface area (Å²) in [7, 11) is 0. The quantitative estimate of drug-likeness (QED) is 0.670. The van der Waals surface area contributed by atoms with Crippen molar-refractivity contribution in [3.05, 3.63) is 53.1 Å². The highest BCUT2D eigenvalue weighted by Crippen LogP contribution is 2.36. The summed E-state index contributed by atoms with van der Waals surface area (Å²) in [6, 6.07) is 9.08. The van der Waals surface area contributed by atoms with Crippen molar-refractivity contribution in [2.45, 2.75) is 6.18 Å². The second-order valence-electron chi connectivity index (χ2n) is 5.60. The van der Waals surface area contributed by atoms with Crippen molar-refractivity contribution < 1.29 is 22.8 Å². The third kappa shape index (κ3) is 4.25. The molecule has 0 saturated heterocycles. The van der Waals surface area contributed by atoms with Crippen molar-refractivity contribution in [3.63, 3.8) is 0 Å². The molecule has 0 aromatic heterocycles. The monoisotopic (exact) mass is 397 g/mol. The fourth-order valence-corrected chi connectivity index (χ4v) is 2.80. The van der Waals surface area contributed by atoms with Gasteiger partial charge in [-0.3, -0.25) is 10.2 Å². The SMILES string of the molecule is O=C(NC(=O)N1CCNc2c[c]ccc21)Nc1ccc(Cl)c(C(F)(F)F)c1. The molecule has 0 unspecified atom stereocenters. The number of rotatable bonds is 1. The Morgan fingerprint density at radius 1 is 1.26 bits per heavy atom. The van der Waals surface area contributed by atoms with E-state index in [1.807, 2.05) is 0 Å². The first-order valence-corrected chi connectivity index (χ1v) is 8.14. The van der Waals surface area contributed by atoms with E-state index in [0.717, 1.165) is 6.07 Å². The molecule has 1 aliphatic rings. The van der Waals surface area contributed by atoms with Gasteiger partial charge >= 0.3 is 18.2 Å². The standard InChI is InChI=1S/C17H13ClF3N4O2/c18-12-6-5-10(9-11(12)17(19,20)21)23-15(26)24-16(27)25-8-7-22-13-3-1-2-4-14(13)25/h2-6,9,22H,7-8H2,(H2,23,24,26,27). The van der Waals surface area contributed by atoms with Crippen LogP contribution in [0.2, 0.25) is 5.02 Å². The van der Waals surface area contributed by atoms with Crippen LogP contribution in [0.25, 0.3) is 0 Å². The summed E-state index contributed by atoms with van der Waals surface area (Å²) in [6.45, 7) is 0.793. The molecule has 10 heteroatoms. The Morgan fingerprint density at radius 3 is 2.78 bits per heavy atom. The molecule has 1 heterocycles. The minimum absolute atomic E-state index is 0.146. The number of urea groups is 2. The normalized spacial score (nSPS) is 13.4. The molecule has 141 valence electrons. The zero-order valence-electron chi connectivity index (χ0n) is 13.7. The van der Waals surface area contributed by atoms with Gasteiger partial charge in [0.15, 0.2) is 0 Å². The number of hydrogen-bond donors (Lipinski definition) is 3. The zero-order valence-corrected chi connectivity index (χ0v) is 14.4. The molecular formula is C17H13ClF3N4O2. The van der Waals surface area contributed by atoms with Gasteiger partial charge in [-0.25, -0.2) is 9.59 Å². The molecule has 1 aliphatic heterocycles. The third-order valence-corrected chi connectivity index (χ3v) is 4.11. The van der Waals surface area contributed by atoms with Crippen LogP contribution >= 0.6 is 11.6 Å². The van der Waals surface area contributed by atoms with Crippen molar-refractivity contribution in [2.24, 2.45) is 0 Å². The molecular weight excluding hydrogens is 385 g/mol. The van der Waals surface area contributed by atoms with E-state index in [-0.39, 0.29) is 5.69 Å². The van der Waals surface area contributed by atoms with E-state index in [0.29, 0.717) is 30.5 Å². The Labute approximate surface area is 157 Å². The maximum Gasteiger partial charge on any atom is 0.417 e. The number of nitrogens with one attached hydrogen (secondary N) is 3. The van der Waals surface area contributed by atoms with Gasteiger partial charge in [0.05, 0.1) is 22.0 Å². The Balaban J connectivity index is 1.69. The fraction of sp³-hybridized carbons (Fsp3) is 0.176. The van der Waals surface area contributed by atoms with Crippen LogP contribution in [0.4, 0.5) is 39.8 Å². The molecule has 0 aliphatic carbocycles. The predicted octanol–water partition coefficient (Wildman–Crippen LogP) is 4.33. The van der Waals surface area contributed by atoms with Gasteiger partial charge in [0.25, 0.3) is 0 Å². The molecule has 2 aromatic carbocycles. The second-order valence-corrected chi connectivity index (χ2v) is 6.01. The molecule has 0 saturated carbocycles. The summed E-state index contributed by atoms with van der Waals surface area (Å²) >= 11 is 5.53. The number of benzene rings is 2. The lowest BCUT2D eigenvalue weighted by atomic mass is 10.2. The molecule has 4 amide bonds. The van der Waals surface area contributed by atoms with Gasteiger partial charge in [0.1, 0.15) is 0 Å². The van der Waals surface area contributed by atoms with E-state index in [1.54, 1.807) is 18.2 Å². The Bertz CT molecular complexity index is 889. The fourth-order valence-electron chi connectivity index (χ4n) is 2.58. The summed E-state index contributed by atoms with van der Waals surface area (Å²) in [4.78, 5) is 25.7. The average molecular weight is 398 g/mol. The smallest absolute Gasteiger partial charge is 0.382 e. The molecule has 0 bridgehead atoms. The molecule has 27 heavy (non-hydrogen) atoms. The van der Waals surface area contributed by atoms with Crippen LogP contribution in [0.3, 0.4) is 0 Å². The highest BCUT2D eigenvalue weighted by atomic mass is 35.5. The van der Waals surface area contributed by atoms with Crippen LogP contribution in [0.15, 0.2) is 36.4 Å². The van der Waals surface area contributed by atoms with Gasteiger partial charge in [-0.2, -0.15) is 13.2 Å². The van der Waals surface area contributed by atoms with Gasteiger partial charge in [-0.05, 0) is 36.4 Å². The van der Waals surface area contributed by atoms with Crippen molar-refractivity contribution >= 4 is 40.7 Å². The van der Waals surface area contributed by atoms with Crippen LogP contribution in [-0.4, -0.2) is 25.2 Å². The summed E-state index contributed by atoms with van der Waals surface area (Å²) < 4.78 is 38.6. The van der Waals surface area contributed by atoms with Gasteiger partial charge in [-0.1, -0.05) is 17.7 Å². The summed E-state index contributed by atoms with van der Waals surface area (Å²) in [5, 5.41) is 6.90. The summed E-state index contributed by atoms with van der Waals surface area (Å²) in [5.74, 6) is 0. The number of anilines is 3. The number of halogens is 4. The minimum atomic E-state index is -4.66. The number of fused-ring (bicyclic) bond motifs is 1. The zero-order chi connectivity index (χ0) is 19.6. The molecule has 1 radical (unpaired) electrons. The lowest BCUT2D eigenvalue weighted by Gasteiger charge is -2.29. The lowest BCUT2D eigenvalue weighted by molar-refractivity contribution is -0.137. The van der Waals surface area contributed by atoms with E-state index >= 15 is 0 Å². The third-order valence-electron chi connectivity index (χ3n) is 3.78. The molecule has 0 atom stereocenters. The Morgan fingerprint density at radius 2 is 2.04 bits per heavy atom. The maximum atomic E-state index is 12.9. The molecule has 2 aromatic rings. The minimum Gasteiger partial charge on any atom is -0.382 e. The van der Waals surface area contributed by atoms with Crippen molar-refractivity contribution in [3.8, 4) is 0 Å². The summed E-state index contributed by atoms with van der Waals surface area (Å²) in [5.41, 5.74) is 0.0240. The summed E-state index contributed by atoms with van der Waals surface area (Å²) in [6.07, 6.45) is -4.66. The number of alkyl halides is 3. The average Bonchev–Trinajstić information content (AvgIpc) is 2.61. The number of imide groups is 1. The van der Waals surface area contributed by atoms with Gasteiger partial charge in [-0.15, -0.1) is 0 Å². The van der Waals surface area contributed by atoms with Crippen molar-refractivity contribution in [1.29, 1.82) is 0 Å². The molecule has 3 N–H and O–H groups in total. The van der Waals surface area contributed by atoms with E-state index in [4.69, 9.17) is 11.6 Å². The van der Waals surface area contributed by atoms with Crippen LogP contribution < -0.4 is 20.9 Å². The van der Waals surface area contributed by atoms with Gasteiger partial charge in [0, 0.05) is 18.8 Å². The molecule has 0 spiro atoms. The number of hydrogen-bond acceptors (Lipinski definition) is 3. The van der Waals surface area contributed by atoms with Crippen LogP contribution in [0.5, 0.6) is 0 Å². The predicted molar refractivity (Wildman–Crippen MR) is 95.1 cm³/mol. The van der Waals surface area contributed by atoms with E-state index in [9.17, 15) is 22.8 Å². The van der Waals surface area contributed by atoms with Gasteiger partial charge in [0.2, 0.25) is 0 Å². The van der Waals surface area contributed by atoms with E-state index in [1.165, 1.54) is 11.0 Å². The Hall–Kier alpha value is -2.94. The largest absolute Gasteiger partial charge is 0.417 e. The van der Waals surface area contributed by atoms with Crippen molar-refractivity contribution in [2.75, 3.05) is 28.6 Å². The number of carbonyl (C=O) groups is 2. The Kier molecular flexibility index (Phi) is 5.13. The van der Waals surface area contributed by atoms with E-state index in [2.05, 4.69) is 22.0 Å². The highest BCUT2D eigenvalue weighted by Gasteiger charge is 2.33. The number of amides is 4. The van der Waals surface area contributed by atoms with Crippen LogP contribution in [-0.2, 0) is 6.18 Å². The number of nitrogens with zero attached hydrogens (tertiary/aromatic N) is 1. The first-order valence-electron chi connectivity index (χ1n) is 7.76. The number of carbonyl (C=O) groups excluding carboxylic acids is 2. The van der Waals surface area contributed by atoms with E-state index < -0.39 is 28.8 Å². The second kappa shape index (κ2) is 7.36. The highest BCUT2D eigenvalue weighted by molar-refractivity contribution is 6.31. The van der Waals surface area contributed by atoms with Crippen LogP contribution in [0.1, 0.15) is 5.56 Å². The molecule has 6 nitrogen and oxygen atoms in total. The van der Waals surface area contributed by atoms with Crippen LogP contribution in [0, 0.1) is 6.07 Å². The lowest BCUT2D eigenvalue weighted by Crippen LogP contribution is -2.48. The topological polar surface area (TPSA) is 73.5 Å².